The van der Waals surface area contributed by atoms with Crippen LogP contribution >= 0.6 is 0 Å². The van der Waals surface area contributed by atoms with Gasteiger partial charge in [0.05, 0.1) is 18.8 Å². The Bertz CT molecular complexity index is 554. The Morgan fingerprint density at radius 1 is 1.43 bits per heavy atom. The average Bonchev–Trinajstić information content (AvgIpc) is 2.52. The van der Waals surface area contributed by atoms with E-state index in [2.05, 4.69) is 10.6 Å². The SMILES string of the molecule is O=C(O)CO[C@H]1CCOC[C@H]1NC(=O)NCc1cccc(F)c1. The van der Waals surface area contributed by atoms with Crippen molar-refractivity contribution in [1.29, 1.82) is 0 Å². The monoisotopic (exact) mass is 326 g/mol. The number of benzene rings is 1. The number of ether oxygens (including phenoxy) is 2. The summed E-state index contributed by atoms with van der Waals surface area (Å²) in [6.45, 7) is 0.455. The molecular weight excluding hydrogens is 307 g/mol. The maximum Gasteiger partial charge on any atom is 0.329 e. The molecule has 2 rings (SSSR count). The van der Waals surface area contributed by atoms with E-state index in [1.807, 2.05) is 0 Å². The molecule has 0 radical (unpaired) electrons. The summed E-state index contributed by atoms with van der Waals surface area (Å²) in [7, 11) is 0. The fourth-order valence-electron chi connectivity index (χ4n) is 2.28. The van der Waals surface area contributed by atoms with Crippen LogP contribution in [0.15, 0.2) is 24.3 Å². The van der Waals surface area contributed by atoms with E-state index in [1.54, 1.807) is 12.1 Å². The molecule has 126 valence electrons. The van der Waals surface area contributed by atoms with Crippen molar-refractivity contribution in [2.24, 2.45) is 0 Å². The molecule has 1 fully saturated rings. The van der Waals surface area contributed by atoms with Gasteiger partial charge in [-0.1, -0.05) is 12.1 Å². The second-order valence-electron chi connectivity index (χ2n) is 5.17. The first-order valence-electron chi connectivity index (χ1n) is 7.24. The minimum Gasteiger partial charge on any atom is -0.480 e. The van der Waals surface area contributed by atoms with Crippen LogP contribution in [0.4, 0.5) is 9.18 Å². The molecule has 7 nitrogen and oxygen atoms in total. The van der Waals surface area contributed by atoms with Crippen LogP contribution < -0.4 is 10.6 Å². The molecule has 0 aliphatic carbocycles. The normalized spacial score (nSPS) is 20.7. The molecule has 0 bridgehead atoms. The second-order valence-corrected chi connectivity index (χ2v) is 5.17. The zero-order valence-corrected chi connectivity index (χ0v) is 12.5. The minimum absolute atomic E-state index is 0.178. The van der Waals surface area contributed by atoms with Crippen LogP contribution in [0.1, 0.15) is 12.0 Å². The van der Waals surface area contributed by atoms with E-state index in [9.17, 15) is 14.0 Å². The van der Waals surface area contributed by atoms with E-state index < -0.39 is 30.8 Å². The third-order valence-electron chi connectivity index (χ3n) is 3.37. The van der Waals surface area contributed by atoms with Crippen molar-refractivity contribution in [2.45, 2.75) is 25.1 Å². The molecule has 1 aliphatic rings. The third kappa shape index (κ3) is 5.84. The lowest BCUT2D eigenvalue weighted by Gasteiger charge is -2.31. The Hall–Kier alpha value is -2.19. The number of carbonyl (C=O) groups is 2. The molecule has 1 aromatic carbocycles. The zero-order valence-electron chi connectivity index (χ0n) is 12.5. The molecule has 0 unspecified atom stereocenters. The highest BCUT2D eigenvalue weighted by molar-refractivity contribution is 5.74. The highest BCUT2D eigenvalue weighted by Gasteiger charge is 2.28. The van der Waals surface area contributed by atoms with Crippen LogP contribution in [0.5, 0.6) is 0 Å². The number of nitrogens with one attached hydrogen (secondary N) is 2. The summed E-state index contributed by atoms with van der Waals surface area (Å²) in [6, 6.07) is 5.04. The Morgan fingerprint density at radius 3 is 3.00 bits per heavy atom. The van der Waals surface area contributed by atoms with Crippen molar-refractivity contribution < 1.29 is 28.6 Å². The first-order valence-corrected chi connectivity index (χ1v) is 7.24. The van der Waals surface area contributed by atoms with Crippen molar-refractivity contribution in [3.05, 3.63) is 35.6 Å². The summed E-state index contributed by atoms with van der Waals surface area (Å²) in [5, 5.41) is 14.0. The van der Waals surface area contributed by atoms with Crippen molar-refractivity contribution >= 4 is 12.0 Å². The van der Waals surface area contributed by atoms with E-state index in [-0.39, 0.29) is 19.0 Å². The Kier molecular flexibility index (Phi) is 6.30. The summed E-state index contributed by atoms with van der Waals surface area (Å²) in [4.78, 5) is 22.5. The predicted molar refractivity (Wildman–Crippen MR) is 78.4 cm³/mol. The van der Waals surface area contributed by atoms with Crippen LogP contribution in [0.25, 0.3) is 0 Å². The first kappa shape index (κ1) is 17.2. The largest absolute Gasteiger partial charge is 0.480 e. The van der Waals surface area contributed by atoms with E-state index >= 15 is 0 Å². The summed E-state index contributed by atoms with van der Waals surface area (Å²) in [6.07, 6.45) is 0.0852. The highest BCUT2D eigenvalue weighted by Crippen LogP contribution is 2.12. The predicted octanol–water partition coefficient (Wildman–Crippen LogP) is 0.884. The smallest absolute Gasteiger partial charge is 0.329 e. The maximum atomic E-state index is 13.1. The van der Waals surface area contributed by atoms with Gasteiger partial charge >= 0.3 is 12.0 Å². The van der Waals surface area contributed by atoms with Gasteiger partial charge in [-0.2, -0.15) is 0 Å². The van der Waals surface area contributed by atoms with Gasteiger partial charge in [-0.15, -0.1) is 0 Å². The van der Waals surface area contributed by atoms with Crippen LogP contribution in [-0.4, -0.2) is 49.1 Å². The lowest BCUT2D eigenvalue weighted by atomic mass is 10.1. The molecule has 0 saturated carbocycles. The number of carbonyl (C=O) groups excluding carboxylic acids is 1. The van der Waals surface area contributed by atoms with Crippen LogP contribution in [-0.2, 0) is 20.8 Å². The Balaban J connectivity index is 1.81. The number of hydrogen-bond acceptors (Lipinski definition) is 4. The quantitative estimate of drug-likeness (QED) is 0.721. The van der Waals surface area contributed by atoms with Crippen molar-refractivity contribution in [2.75, 3.05) is 19.8 Å². The number of amides is 2. The fraction of sp³-hybridized carbons (Fsp3) is 0.467. The Labute approximate surface area is 132 Å². The third-order valence-corrected chi connectivity index (χ3v) is 3.37. The molecule has 3 N–H and O–H groups in total. The number of carboxylic acids is 1. The van der Waals surface area contributed by atoms with Crippen LogP contribution in [0.3, 0.4) is 0 Å². The number of rotatable bonds is 6. The lowest BCUT2D eigenvalue weighted by molar-refractivity contribution is -0.147. The van der Waals surface area contributed by atoms with Gasteiger partial charge in [0.2, 0.25) is 0 Å². The van der Waals surface area contributed by atoms with Gasteiger partial charge in [-0.25, -0.2) is 14.0 Å². The molecule has 2 amide bonds. The van der Waals surface area contributed by atoms with E-state index in [0.717, 1.165) is 0 Å². The summed E-state index contributed by atoms with van der Waals surface area (Å²) < 4.78 is 23.6. The number of carboxylic acid groups (broad SMARTS) is 1. The standard InChI is InChI=1S/C15H19FN2O5/c16-11-3-1-2-10(6-11)7-17-15(21)18-12-8-22-5-4-13(12)23-9-14(19)20/h1-3,6,12-13H,4-5,7-9H2,(H,19,20)(H2,17,18,21)/t12-,13+/m1/s1. The summed E-state index contributed by atoms with van der Waals surface area (Å²) >= 11 is 0. The molecule has 8 heteroatoms. The van der Waals surface area contributed by atoms with Gasteiger partial charge in [-0.3, -0.25) is 0 Å². The maximum absolute atomic E-state index is 13.1. The molecule has 0 spiro atoms. The van der Waals surface area contributed by atoms with Crippen LogP contribution in [0, 0.1) is 5.82 Å². The average molecular weight is 326 g/mol. The fourth-order valence-corrected chi connectivity index (χ4v) is 2.28. The molecule has 1 aromatic rings. The number of aliphatic carboxylic acids is 1. The van der Waals surface area contributed by atoms with Gasteiger partial charge in [0.1, 0.15) is 12.4 Å². The molecule has 1 aliphatic heterocycles. The topological polar surface area (TPSA) is 96.9 Å². The van der Waals surface area contributed by atoms with Gasteiger partial charge in [0, 0.05) is 13.2 Å². The molecule has 23 heavy (non-hydrogen) atoms. The van der Waals surface area contributed by atoms with Crippen molar-refractivity contribution in [1.82, 2.24) is 10.6 Å². The molecule has 1 heterocycles. The molecule has 2 atom stereocenters. The van der Waals surface area contributed by atoms with Gasteiger partial charge in [0.15, 0.2) is 0 Å². The van der Waals surface area contributed by atoms with Crippen molar-refractivity contribution in [3.63, 3.8) is 0 Å². The lowest BCUT2D eigenvalue weighted by Crippen LogP contribution is -2.53. The van der Waals surface area contributed by atoms with Gasteiger partial charge < -0.3 is 25.2 Å². The Morgan fingerprint density at radius 2 is 2.26 bits per heavy atom. The number of halogens is 1. The first-order chi connectivity index (χ1) is 11.0. The molecule has 0 aromatic heterocycles. The molecule has 1 saturated heterocycles. The number of urea groups is 1. The minimum atomic E-state index is -1.06. The van der Waals surface area contributed by atoms with Crippen molar-refractivity contribution in [3.8, 4) is 0 Å². The van der Waals surface area contributed by atoms with Crippen LogP contribution in [0.2, 0.25) is 0 Å². The summed E-state index contributed by atoms with van der Waals surface area (Å²) in [5.41, 5.74) is 0.638. The van der Waals surface area contributed by atoms with E-state index in [1.165, 1.54) is 12.1 Å². The summed E-state index contributed by atoms with van der Waals surface area (Å²) in [5.74, 6) is -1.43. The van der Waals surface area contributed by atoms with E-state index in [0.29, 0.717) is 18.6 Å². The molecular formula is C15H19FN2O5. The van der Waals surface area contributed by atoms with E-state index in [4.69, 9.17) is 14.6 Å². The highest BCUT2D eigenvalue weighted by atomic mass is 19.1. The van der Waals surface area contributed by atoms with Gasteiger partial charge in [-0.05, 0) is 24.1 Å². The van der Waals surface area contributed by atoms with Gasteiger partial charge in [0.25, 0.3) is 0 Å². The second kappa shape index (κ2) is 8.44. The number of hydrogen-bond donors (Lipinski definition) is 3. The zero-order chi connectivity index (χ0) is 16.7.